The van der Waals surface area contributed by atoms with E-state index in [0.29, 0.717) is 5.56 Å². The number of hydrogen-bond acceptors (Lipinski definition) is 2. The fraction of sp³-hybridized carbons (Fsp3) is 0. The maximum Gasteiger partial charge on any atom is 0.165 e. The molecule has 2 heterocycles. The zero-order valence-corrected chi connectivity index (χ0v) is 9.98. The van der Waals surface area contributed by atoms with Gasteiger partial charge in [0.25, 0.3) is 0 Å². The van der Waals surface area contributed by atoms with Crippen molar-refractivity contribution >= 4 is 27.5 Å². The highest BCUT2D eigenvalue weighted by molar-refractivity contribution is 9.10. The maximum absolute atomic E-state index is 13.2. The van der Waals surface area contributed by atoms with Crippen molar-refractivity contribution in [2.24, 2.45) is 0 Å². The molecule has 0 aromatic carbocycles. The Morgan fingerprint density at radius 1 is 1.31 bits per heavy atom. The number of pyridine rings is 2. The van der Waals surface area contributed by atoms with Crippen LogP contribution in [0.1, 0.15) is 0 Å². The van der Waals surface area contributed by atoms with E-state index in [2.05, 4.69) is 32.0 Å². The van der Waals surface area contributed by atoms with Gasteiger partial charge >= 0.3 is 0 Å². The summed E-state index contributed by atoms with van der Waals surface area (Å²) in [4.78, 5) is 7.48. The van der Waals surface area contributed by atoms with Gasteiger partial charge < -0.3 is 0 Å². The molecule has 2 rings (SSSR count). The van der Waals surface area contributed by atoms with Crippen molar-refractivity contribution in [2.75, 3.05) is 0 Å². The number of halogens is 4. The molecule has 81 valence electrons. The second-order valence-electron chi connectivity index (χ2n) is 2.88. The molecule has 0 N–H and O–H groups in total. The van der Waals surface area contributed by atoms with Gasteiger partial charge in [-0.15, -0.1) is 0 Å². The predicted molar refractivity (Wildman–Crippen MR) is 58.9 cm³/mol. The standard InChI is InChI=1S/C10H3BrClF2N2/c11-9-7(14)3-5(4-15-9)8-2-1-6(13)10(12)16-8/h1,3-4H. The normalized spacial score (nSPS) is 10.5. The van der Waals surface area contributed by atoms with E-state index in [0.717, 1.165) is 6.07 Å². The van der Waals surface area contributed by atoms with Crippen LogP contribution >= 0.6 is 27.5 Å². The molecule has 0 fully saturated rings. The molecular weight excluding hydrogens is 301 g/mol. The van der Waals surface area contributed by atoms with Crippen LogP contribution in [0.5, 0.6) is 0 Å². The van der Waals surface area contributed by atoms with Gasteiger partial charge in [-0.2, -0.15) is 0 Å². The lowest BCUT2D eigenvalue weighted by Crippen LogP contribution is -1.91. The van der Waals surface area contributed by atoms with Crippen molar-refractivity contribution in [3.05, 3.63) is 45.8 Å². The fourth-order valence-electron chi connectivity index (χ4n) is 1.07. The van der Waals surface area contributed by atoms with Gasteiger partial charge in [0, 0.05) is 17.8 Å². The van der Waals surface area contributed by atoms with Crippen LogP contribution in [0.2, 0.25) is 5.15 Å². The van der Waals surface area contributed by atoms with Crippen LogP contribution < -0.4 is 0 Å². The Labute approximate surface area is 103 Å². The molecule has 0 spiro atoms. The number of hydrogen-bond donors (Lipinski definition) is 0. The Bertz CT molecular complexity index is 499. The summed E-state index contributed by atoms with van der Waals surface area (Å²) in [6.07, 6.45) is 1.39. The molecule has 1 radical (unpaired) electrons. The molecule has 0 aliphatic rings. The number of rotatable bonds is 1. The molecule has 0 atom stereocenters. The zero-order chi connectivity index (χ0) is 11.7. The zero-order valence-electron chi connectivity index (χ0n) is 7.64. The largest absolute Gasteiger partial charge is 0.246 e. The molecule has 2 nitrogen and oxygen atoms in total. The van der Waals surface area contributed by atoms with E-state index in [4.69, 9.17) is 11.6 Å². The van der Waals surface area contributed by atoms with Gasteiger partial charge in [0.05, 0.1) is 5.69 Å². The van der Waals surface area contributed by atoms with E-state index in [1.165, 1.54) is 12.3 Å². The van der Waals surface area contributed by atoms with Crippen LogP contribution in [-0.2, 0) is 0 Å². The molecule has 16 heavy (non-hydrogen) atoms. The average molecular weight is 305 g/mol. The van der Waals surface area contributed by atoms with Crippen LogP contribution in [0, 0.1) is 17.7 Å². The predicted octanol–water partition coefficient (Wildman–Crippen LogP) is 3.64. The summed E-state index contributed by atoms with van der Waals surface area (Å²) in [6.45, 7) is 0. The average Bonchev–Trinajstić information content (AvgIpc) is 2.26. The maximum atomic E-state index is 13.2. The van der Waals surface area contributed by atoms with E-state index in [1.807, 2.05) is 0 Å². The molecule has 2 aromatic rings. The molecule has 6 heteroatoms. The van der Waals surface area contributed by atoms with Gasteiger partial charge in [-0.1, -0.05) is 11.6 Å². The summed E-state index contributed by atoms with van der Waals surface area (Å²) < 4.78 is 26.1. The van der Waals surface area contributed by atoms with Gasteiger partial charge in [0.2, 0.25) is 0 Å². The topological polar surface area (TPSA) is 25.8 Å². The van der Waals surface area contributed by atoms with Crippen molar-refractivity contribution < 1.29 is 8.78 Å². The van der Waals surface area contributed by atoms with Gasteiger partial charge in [0.15, 0.2) is 16.8 Å². The minimum absolute atomic E-state index is 0.101. The Balaban J connectivity index is 2.50. The van der Waals surface area contributed by atoms with Crippen LogP contribution in [0.15, 0.2) is 22.9 Å². The third kappa shape index (κ3) is 2.20. The fourth-order valence-corrected chi connectivity index (χ4v) is 1.43. The third-order valence-corrected chi connectivity index (χ3v) is 2.66. The van der Waals surface area contributed by atoms with Crippen molar-refractivity contribution in [2.45, 2.75) is 0 Å². The van der Waals surface area contributed by atoms with Gasteiger partial charge in [-0.25, -0.2) is 18.7 Å². The highest BCUT2D eigenvalue weighted by Gasteiger charge is 2.08. The third-order valence-electron chi connectivity index (χ3n) is 1.81. The Hall–Kier alpha value is -1.07. The first-order valence-corrected chi connectivity index (χ1v) is 5.30. The Morgan fingerprint density at radius 2 is 2.06 bits per heavy atom. The lowest BCUT2D eigenvalue weighted by Gasteiger charge is -2.02. The smallest absolute Gasteiger partial charge is 0.165 e. The molecular formula is C10H3BrClF2N2. The second kappa shape index (κ2) is 4.43. The molecule has 0 aliphatic carbocycles. The Kier molecular flexibility index (Phi) is 3.16. The first-order chi connectivity index (χ1) is 7.58. The van der Waals surface area contributed by atoms with E-state index in [9.17, 15) is 8.78 Å². The molecule has 0 aliphatic heterocycles. The number of nitrogens with zero attached hydrogens (tertiary/aromatic N) is 2. The van der Waals surface area contributed by atoms with Gasteiger partial charge in [-0.3, -0.25) is 0 Å². The summed E-state index contributed by atoms with van der Waals surface area (Å²) in [6, 6.07) is 4.81. The molecule has 2 aromatic heterocycles. The van der Waals surface area contributed by atoms with E-state index < -0.39 is 11.6 Å². The van der Waals surface area contributed by atoms with Crippen LogP contribution in [0.4, 0.5) is 8.78 Å². The second-order valence-corrected chi connectivity index (χ2v) is 3.99. The quantitative estimate of drug-likeness (QED) is 0.752. The minimum Gasteiger partial charge on any atom is -0.246 e. The summed E-state index contributed by atoms with van der Waals surface area (Å²) in [5.74, 6) is -1.20. The highest BCUT2D eigenvalue weighted by Crippen LogP contribution is 2.22. The van der Waals surface area contributed by atoms with E-state index >= 15 is 0 Å². The summed E-state index contributed by atoms with van der Waals surface area (Å²) >= 11 is 8.43. The molecule has 0 amide bonds. The van der Waals surface area contributed by atoms with E-state index in [-0.39, 0.29) is 15.5 Å². The highest BCUT2D eigenvalue weighted by atomic mass is 79.9. The van der Waals surface area contributed by atoms with Gasteiger partial charge in [0.1, 0.15) is 4.60 Å². The van der Waals surface area contributed by atoms with Crippen molar-refractivity contribution in [1.29, 1.82) is 0 Å². The van der Waals surface area contributed by atoms with Crippen LogP contribution in [-0.4, -0.2) is 9.97 Å². The minimum atomic E-state index is -0.670. The van der Waals surface area contributed by atoms with Crippen LogP contribution in [0.25, 0.3) is 11.3 Å². The summed E-state index contributed by atoms with van der Waals surface area (Å²) in [7, 11) is 0. The first kappa shape index (κ1) is 11.4. The van der Waals surface area contributed by atoms with Crippen molar-refractivity contribution in [3.63, 3.8) is 0 Å². The van der Waals surface area contributed by atoms with Gasteiger partial charge in [-0.05, 0) is 28.1 Å². The monoisotopic (exact) mass is 303 g/mol. The SMILES string of the molecule is Fc1c[c]c(-c2cnc(Br)c(F)c2)nc1Cl. The summed E-state index contributed by atoms with van der Waals surface area (Å²) in [5.41, 5.74) is 0.618. The lowest BCUT2D eigenvalue weighted by atomic mass is 10.2. The number of aromatic nitrogens is 2. The Morgan fingerprint density at radius 3 is 2.69 bits per heavy atom. The first-order valence-electron chi connectivity index (χ1n) is 4.13. The molecule has 0 bridgehead atoms. The van der Waals surface area contributed by atoms with Crippen molar-refractivity contribution in [3.8, 4) is 11.3 Å². The van der Waals surface area contributed by atoms with E-state index in [1.54, 1.807) is 0 Å². The molecule has 0 saturated heterocycles. The van der Waals surface area contributed by atoms with Crippen LogP contribution in [0.3, 0.4) is 0 Å². The molecule has 0 unspecified atom stereocenters. The van der Waals surface area contributed by atoms with Crippen molar-refractivity contribution in [1.82, 2.24) is 9.97 Å². The molecule has 0 saturated carbocycles. The lowest BCUT2D eigenvalue weighted by molar-refractivity contribution is 0.613. The summed E-state index contributed by atoms with van der Waals surface area (Å²) in [5, 5.41) is -0.280.